The fourth-order valence-corrected chi connectivity index (χ4v) is 6.34. The van der Waals surface area contributed by atoms with Gasteiger partial charge < -0.3 is 20.3 Å². The van der Waals surface area contributed by atoms with Crippen molar-refractivity contribution in [3.63, 3.8) is 0 Å². The van der Waals surface area contributed by atoms with Crippen LogP contribution < -0.4 is 10.6 Å². The quantitative estimate of drug-likeness (QED) is 0.152. The summed E-state index contributed by atoms with van der Waals surface area (Å²) in [4.78, 5) is 27.8. The molecular weight excluding hydrogens is 577 g/mol. The molecule has 1 aliphatic rings. The number of aromatic nitrogens is 2. The van der Waals surface area contributed by atoms with Crippen LogP contribution in [0.25, 0.3) is 15.8 Å². The van der Waals surface area contributed by atoms with E-state index in [0.717, 1.165) is 40.2 Å². The maximum Gasteiger partial charge on any atom is 0.393 e. The Balaban J connectivity index is 1.48. The summed E-state index contributed by atoms with van der Waals surface area (Å²) in [5, 5.41) is 7.61. The van der Waals surface area contributed by atoms with Crippen molar-refractivity contribution in [1.82, 2.24) is 20.2 Å². The second kappa shape index (κ2) is 14.1. The SMILES string of the molecule is C=N/C=C(\C=C(/C)OC)c1ccc(CN[C@@H]2C[C@H](Nc3ncnc4sc(CC(F)(F)F)cc34)C[C@H](C(=O)N(C)C)C2)cc1. The number of anilines is 1. The normalized spacial score (nSPS) is 19.7. The fraction of sp³-hybridized carbons (Fsp3) is 0.419. The lowest BCUT2D eigenvalue weighted by molar-refractivity contribution is -0.134. The number of hydrogen-bond acceptors (Lipinski definition) is 8. The molecule has 230 valence electrons. The van der Waals surface area contributed by atoms with Crippen LogP contribution in [0.2, 0.25) is 0 Å². The van der Waals surface area contributed by atoms with Crippen molar-refractivity contribution in [3.8, 4) is 0 Å². The van der Waals surface area contributed by atoms with Gasteiger partial charge in [0, 0.05) is 55.3 Å². The summed E-state index contributed by atoms with van der Waals surface area (Å²) >= 11 is 1.02. The summed E-state index contributed by atoms with van der Waals surface area (Å²) in [6.45, 7) is 6.04. The number of aliphatic imine (C=N–C) groups is 1. The Labute approximate surface area is 253 Å². The highest BCUT2D eigenvalue weighted by Crippen LogP contribution is 2.34. The molecule has 1 amide bonds. The van der Waals surface area contributed by atoms with Crippen LogP contribution in [0.3, 0.4) is 0 Å². The number of ether oxygens (including phenoxy) is 1. The number of nitrogens with zero attached hydrogens (tertiary/aromatic N) is 4. The lowest BCUT2D eigenvalue weighted by Gasteiger charge is -2.36. The molecule has 0 radical (unpaired) electrons. The summed E-state index contributed by atoms with van der Waals surface area (Å²) in [7, 11) is 5.11. The Bertz CT molecular complexity index is 1480. The van der Waals surface area contributed by atoms with E-state index in [9.17, 15) is 18.0 Å². The van der Waals surface area contributed by atoms with E-state index in [1.54, 1.807) is 32.3 Å². The molecule has 2 N–H and O–H groups in total. The number of rotatable bonds is 11. The lowest BCUT2D eigenvalue weighted by Crippen LogP contribution is -2.46. The Morgan fingerprint density at radius 1 is 1.19 bits per heavy atom. The van der Waals surface area contributed by atoms with Gasteiger partial charge in [0.25, 0.3) is 0 Å². The predicted octanol–water partition coefficient (Wildman–Crippen LogP) is 6.22. The molecule has 0 aliphatic heterocycles. The summed E-state index contributed by atoms with van der Waals surface area (Å²) in [5.41, 5.74) is 2.95. The van der Waals surface area contributed by atoms with Crippen LogP contribution in [0.1, 0.15) is 42.2 Å². The van der Waals surface area contributed by atoms with Gasteiger partial charge >= 0.3 is 6.18 Å². The Morgan fingerprint density at radius 3 is 2.56 bits per heavy atom. The first-order chi connectivity index (χ1) is 20.5. The van der Waals surface area contributed by atoms with E-state index in [1.807, 2.05) is 37.3 Å². The van der Waals surface area contributed by atoms with E-state index < -0.39 is 12.6 Å². The third-order valence-electron chi connectivity index (χ3n) is 7.39. The zero-order valence-electron chi connectivity index (χ0n) is 24.7. The number of hydrogen-bond donors (Lipinski definition) is 2. The predicted molar refractivity (Wildman–Crippen MR) is 166 cm³/mol. The van der Waals surface area contributed by atoms with Crippen LogP contribution in [-0.4, -0.2) is 67.0 Å². The Morgan fingerprint density at radius 2 is 1.91 bits per heavy atom. The van der Waals surface area contributed by atoms with Gasteiger partial charge in [0.15, 0.2) is 0 Å². The highest BCUT2D eigenvalue weighted by atomic mass is 32.1. The van der Waals surface area contributed by atoms with E-state index in [-0.39, 0.29) is 28.8 Å². The Kier molecular flexibility index (Phi) is 10.6. The number of nitrogens with one attached hydrogen (secondary N) is 2. The van der Waals surface area contributed by atoms with Gasteiger partial charge in [-0.1, -0.05) is 24.3 Å². The van der Waals surface area contributed by atoms with Crippen LogP contribution in [0.15, 0.2) is 59.7 Å². The number of halogens is 3. The second-order valence-electron chi connectivity index (χ2n) is 10.9. The van der Waals surface area contributed by atoms with E-state index in [4.69, 9.17) is 4.74 Å². The van der Waals surface area contributed by atoms with E-state index in [2.05, 4.69) is 32.3 Å². The molecule has 0 bridgehead atoms. The molecule has 3 atom stereocenters. The lowest BCUT2D eigenvalue weighted by atomic mass is 9.81. The van der Waals surface area contributed by atoms with Crippen molar-refractivity contribution >= 4 is 45.6 Å². The van der Waals surface area contributed by atoms with Gasteiger partial charge in [-0.2, -0.15) is 13.2 Å². The number of thiophene rings is 1. The zero-order chi connectivity index (χ0) is 31.1. The number of carbonyl (C=O) groups is 1. The van der Waals surface area contributed by atoms with Crippen LogP contribution in [-0.2, 0) is 22.5 Å². The molecule has 1 fully saturated rings. The molecule has 0 saturated heterocycles. The standard InChI is InChI=1S/C31H37F3N6O2S/c1-19(42-5)10-23(17-35-2)21-8-6-20(7-9-21)16-36-24-11-22(30(41)40(3)4)12-25(13-24)39-28-27-14-26(15-31(32,33)34)43-29(27)38-18-37-28/h6-10,14,17-18,22,24-25,36H,2,11-13,15-16H2,1,3-5H3,(H,37,38,39)/b19-10+,23-17+/t22-,24+,25-/m1/s1. The molecule has 1 saturated carbocycles. The number of methoxy groups -OCH3 is 1. The third kappa shape index (κ3) is 8.87. The van der Waals surface area contributed by atoms with Crippen molar-refractivity contribution < 1.29 is 22.7 Å². The van der Waals surface area contributed by atoms with Gasteiger partial charge in [0.2, 0.25) is 5.91 Å². The van der Waals surface area contributed by atoms with E-state index >= 15 is 0 Å². The van der Waals surface area contributed by atoms with Gasteiger partial charge in [-0.25, -0.2) is 9.97 Å². The van der Waals surface area contributed by atoms with Crippen molar-refractivity contribution in [3.05, 3.63) is 70.7 Å². The van der Waals surface area contributed by atoms with Crippen LogP contribution in [0, 0.1) is 5.92 Å². The monoisotopic (exact) mass is 614 g/mol. The van der Waals surface area contributed by atoms with Crippen molar-refractivity contribution in [1.29, 1.82) is 0 Å². The molecule has 8 nitrogen and oxygen atoms in total. The molecule has 0 unspecified atom stereocenters. The highest BCUT2D eigenvalue weighted by molar-refractivity contribution is 7.18. The number of carbonyl (C=O) groups excluding carboxylic acids is 1. The maximum absolute atomic E-state index is 13.0. The first-order valence-corrected chi connectivity index (χ1v) is 14.8. The largest absolute Gasteiger partial charge is 0.501 e. The molecule has 2 aromatic heterocycles. The third-order valence-corrected chi connectivity index (χ3v) is 8.43. The van der Waals surface area contributed by atoms with Crippen molar-refractivity contribution in [2.75, 3.05) is 26.5 Å². The molecular formula is C31H37F3N6O2S. The molecule has 43 heavy (non-hydrogen) atoms. The van der Waals surface area contributed by atoms with Gasteiger partial charge in [0.1, 0.15) is 17.0 Å². The number of amides is 1. The molecule has 4 rings (SSSR count). The van der Waals surface area contributed by atoms with Crippen LogP contribution >= 0.6 is 11.3 Å². The minimum atomic E-state index is -4.30. The number of alkyl halides is 3. The second-order valence-corrected chi connectivity index (χ2v) is 12.0. The van der Waals surface area contributed by atoms with Gasteiger partial charge in [-0.3, -0.25) is 9.79 Å². The topological polar surface area (TPSA) is 91.7 Å². The fourth-order valence-electron chi connectivity index (χ4n) is 5.32. The summed E-state index contributed by atoms with van der Waals surface area (Å²) in [5.74, 6) is 1.08. The first kappa shape index (κ1) is 32.2. The van der Waals surface area contributed by atoms with Crippen molar-refractivity contribution in [2.45, 2.75) is 57.4 Å². The Hall–Kier alpha value is -3.77. The average Bonchev–Trinajstić information content (AvgIpc) is 3.37. The summed E-state index contributed by atoms with van der Waals surface area (Å²) in [6, 6.07) is 9.57. The van der Waals surface area contributed by atoms with Crippen molar-refractivity contribution in [2.24, 2.45) is 10.9 Å². The zero-order valence-corrected chi connectivity index (χ0v) is 25.6. The highest BCUT2D eigenvalue weighted by Gasteiger charge is 2.34. The van der Waals surface area contributed by atoms with Gasteiger partial charge in [-0.05, 0) is 56.2 Å². The molecule has 1 aromatic carbocycles. The number of fused-ring (bicyclic) bond motifs is 1. The first-order valence-electron chi connectivity index (χ1n) is 13.9. The van der Waals surface area contributed by atoms with Gasteiger partial charge in [-0.15, -0.1) is 11.3 Å². The number of allylic oxidation sites excluding steroid dienone is 3. The minimum Gasteiger partial charge on any atom is -0.501 e. The van der Waals surface area contributed by atoms with E-state index in [1.165, 1.54) is 12.4 Å². The maximum atomic E-state index is 13.0. The number of benzene rings is 1. The molecule has 3 aromatic rings. The minimum absolute atomic E-state index is 0.0353. The molecule has 1 aliphatic carbocycles. The molecule has 12 heteroatoms. The summed E-state index contributed by atoms with van der Waals surface area (Å²) < 4.78 is 44.3. The smallest absolute Gasteiger partial charge is 0.393 e. The van der Waals surface area contributed by atoms with E-state index in [0.29, 0.717) is 35.4 Å². The van der Waals surface area contributed by atoms with Crippen LogP contribution in [0.5, 0.6) is 0 Å². The van der Waals surface area contributed by atoms with Crippen LogP contribution in [0.4, 0.5) is 19.0 Å². The molecule has 2 heterocycles. The molecule has 0 spiro atoms. The van der Waals surface area contributed by atoms with Gasteiger partial charge in [0.05, 0.1) is 24.7 Å². The average molecular weight is 615 g/mol. The summed E-state index contributed by atoms with van der Waals surface area (Å²) in [6.07, 6.45) is 1.64.